The van der Waals surface area contributed by atoms with E-state index in [-0.39, 0.29) is 11.8 Å². The summed E-state index contributed by atoms with van der Waals surface area (Å²) in [6.07, 6.45) is -0.633. The molecule has 0 bridgehead atoms. The molecule has 0 aromatic heterocycles. The van der Waals surface area contributed by atoms with Crippen molar-refractivity contribution in [2.75, 3.05) is 26.5 Å². The van der Waals surface area contributed by atoms with Crippen molar-refractivity contribution in [1.29, 1.82) is 0 Å². The van der Waals surface area contributed by atoms with Gasteiger partial charge in [0.2, 0.25) is 5.91 Å². The number of esters is 1. The van der Waals surface area contributed by atoms with Gasteiger partial charge in [-0.2, -0.15) is 0 Å². The van der Waals surface area contributed by atoms with E-state index in [1.807, 2.05) is 31.2 Å². The van der Waals surface area contributed by atoms with Gasteiger partial charge in [0.15, 0.2) is 0 Å². The predicted octanol–water partition coefficient (Wildman–Crippen LogP) is 2.85. The number of amides is 4. The SMILES string of the molecule is COC(=O)c1ccc(C2C(C(=O)Nc3ccccc3C)=C(C)NC3C2C(=O)N(C)C(=O)N3C)cc1. The van der Waals surface area contributed by atoms with Crippen molar-refractivity contribution >= 4 is 29.5 Å². The maximum atomic E-state index is 13.7. The predicted molar refractivity (Wildman–Crippen MR) is 129 cm³/mol. The van der Waals surface area contributed by atoms with Gasteiger partial charge in [-0.3, -0.25) is 14.5 Å². The molecular weight excluding hydrogens is 448 g/mol. The van der Waals surface area contributed by atoms with Crippen LogP contribution in [0, 0.1) is 12.8 Å². The third kappa shape index (κ3) is 4.14. The summed E-state index contributed by atoms with van der Waals surface area (Å²) in [5, 5.41) is 6.20. The minimum Gasteiger partial charge on any atom is -0.465 e. The van der Waals surface area contributed by atoms with E-state index in [1.54, 1.807) is 38.2 Å². The molecule has 4 rings (SSSR count). The number of imide groups is 1. The summed E-state index contributed by atoms with van der Waals surface area (Å²) >= 11 is 0. The topological polar surface area (TPSA) is 108 Å². The average Bonchev–Trinajstić information content (AvgIpc) is 2.86. The fourth-order valence-corrected chi connectivity index (χ4v) is 4.81. The van der Waals surface area contributed by atoms with Gasteiger partial charge in [0.05, 0.1) is 18.6 Å². The van der Waals surface area contributed by atoms with Gasteiger partial charge in [0.1, 0.15) is 6.17 Å². The van der Waals surface area contributed by atoms with Crippen LogP contribution < -0.4 is 10.6 Å². The highest BCUT2D eigenvalue weighted by molar-refractivity contribution is 6.08. The summed E-state index contributed by atoms with van der Waals surface area (Å²) in [5.74, 6) is -2.64. The molecule has 0 aliphatic carbocycles. The van der Waals surface area contributed by atoms with Crippen LogP contribution in [-0.4, -0.2) is 61.0 Å². The highest BCUT2D eigenvalue weighted by Gasteiger charge is 2.52. The lowest BCUT2D eigenvalue weighted by molar-refractivity contribution is -0.139. The number of anilines is 1. The van der Waals surface area contributed by atoms with Gasteiger partial charge in [-0.15, -0.1) is 0 Å². The molecule has 0 saturated carbocycles. The van der Waals surface area contributed by atoms with Gasteiger partial charge < -0.3 is 20.3 Å². The molecule has 9 heteroatoms. The first-order valence-corrected chi connectivity index (χ1v) is 11.2. The van der Waals surface area contributed by atoms with Crippen LogP contribution in [0.25, 0.3) is 0 Å². The largest absolute Gasteiger partial charge is 0.465 e. The molecule has 2 heterocycles. The molecule has 2 aliphatic rings. The number of carbonyl (C=O) groups is 4. The highest BCUT2D eigenvalue weighted by Crippen LogP contribution is 2.43. The maximum absolute atomic E-state index is 13.7. The van der Waals surface area contributed by atoms with Crippen molar-refractivity contribution in [3.05, 3.63) is 76.5 Å². The van der Waals surface area contributed by atoms with E-state index < -0.39 is 30.0 Å². The second kappa shape index (κ2) is 9.25. The Balaban J connectivity index is 1.83. The number of nitrogens with one attached hydrogen (secondary N) is 2. The van der Waals surface area contributed by atoms with Crippen LogP contribution >= 0.6 is 0 Å². The highest BCUT2D eigenvalue weighted by atomic mass is 16.5. The molecule has 2 aromatic carbocycles. The van der Waals surface area contributed by atoms with Crippen LogP contribution in [0.4, 0.5) is 10.5 Å². The summed E-state index contributed by atoms with van der Waals surface area (Å²) in [6, 6.07) is 13.7. The molecule has 182 valence electrons. The molecule has 4 amide bonds. The van der Waals surface area contributed by atoms with Crippen molar-refractivity contribution in [1.82, 2.24) is 15.1 Å². The van der Waals surface area contributed by atoms with Crippen LogP contribution in [0.3, 0.4) is 0 Å². The van der Waals surface area contributed by atoms with Gasteiger partial charge in [-0.05, 0) is 43.2 Å². The minimum absolute atomic E-state index is 0.347. The van der Waals surface area contributed by atoms with Crippen molar-refractivity contribution in [2.24, 2.45) is 5.92 Å². The first-order chi connectivity index (χ1) is 16.6. The lowest BCUT2D eigenvalue weighted by atomic mass is 9.73. The van der Waals surface area contributed by atoms with Gasteiger partial charge in [-0.1, -0.05) is 30.3 Å². The Hall–Kier alpha value is -4.14. The molecule has 1 saturated heterocycles. The lowest BCUT2D eigenvalue weighted by Gasteiger charge is -2.48. The van der Waals surface area contributed by atoms with Crippen molar-refractivity contribution in [3.63, 3.8) is 0 Å². The third-order valence-corrected chi connectivity index (χ3v) is 6.73. The van der Waals surface area contributed by atoms with Crippen molar-refractivity contribution in [2.45, 2.75) is 25.9 Å². The van der Waals surface area contributed by atoms with Crippen LogP contribution in [0.15, 0.2) is 59.8 Å². The second-order valence-electron chi connectivity index (χ2n) is 8.80. The fraction of sp³-hybridized carbons (Fsp3) is 0.308. The van der Waals surface area contributed by atoms with Crippen LogP contribution in [0.1, 0.15) is 34.3 Å². The number of para-hydroxylation sites is 1. The number of carbonyl (C=O) groups excluding carboxylic acids is 4. The molecule has 2 aliphatic heterocycles. The Bertz CT molecular complexity index is 1240. The van der Waals surface area contributed by atoms with Gasteiger partial charge in [0.25, 0.3) is 5.91 Å². The van der Waals surface area contributed by atoms with Gasteiger partial charge >= 0.3 is 12.0 Å². The number of allylic oxidation sites excluding steroid dienone is 1. The normalized spacial score (nSPS) is 21.9. The van der Waals surface area contributed by atoms with E-state index in [9.17, 15) is 19.2 Å². The number of aryl methyl sites for hydroxylation is 1. The number of hydrogen-bond acceptors (Lipinski definition) is 6. The third-order valence-electron chi connectivity index (χ3n) is 6.73. The van der Waals surface area contributed by atoms with Crippen molar-refractivity contribution in [3.8, 4) is 0 Å². The van der Waals surface area contributed by atoms with E-state index in [4.69, 9.17) is 4.74 Å². The number of benzene rings is 2. The first-order valence-electron chi connectivity index (χ1n) is 11.2. The molecule has 0 spiro atoms. The summed E-state index contributed by atoms with van der Waals surface area (Å²) in [6.45, 7) is 3.66. The Labute approximate surface area is 203 Å². The molecule has 0 radical (unpaired) electrons. The van der Waals surface area contributed by atoms with E-state index in [2.05, 4.69) is 10.6 Å². The first kappa shape index (κ1) is 24.0. The summed E-state index contributed by atoms with van der Waals surface area (Å²) < 4.78 is 4.79. The maximum Gasteiger partial charge on any atom is 0.337 e. The molecule has 3 atom stereocenters. The molecule has 3 unspecified atom stereocenters. The zero-order chi connectivity index (χ0) is 25.4. The average molecular weight is 477 g/mol. The van der Waals surface area contributed by atoms with Crippen LogP contribution in [0.2, 0.25) is 0 Å². The zero-order valence-electron chi connectivity index (χ0n) is 20.3. The monoisotopic (exact) mass is 476 g/mol. The molecular formula is C26H28N4O5. The molecule has 35 heavy (non-hydrogen) atoms. The summed E-state index contributed by atoms with van der Waals surface area (Å²) in [7, 11) is 4.36. The van der Waals surface area contributed by atoms with E-state index in [0.29, 0.717) is 28.1 Å². The molecule has 2 N–H and O–H groups in total. The number of fused-ring (bicyclic) bond motifs is 1. The summed E-state index contributed by atoms with van der Waals surface area (Å²) in [4.78, 5) is 54.2. The fourth-order valence-electron chi connectivity index (χ4n) is 4.81. The number of urea groups is 1. The Morgan fingerprint density at radius 1 is 1.00 bits per heavy atom. The second-order valence-corrected chi connectivity index (χ2v) is 8.80. The number of rotatable bonds is 4. The smallest absolute Gasteiger partial charge is 0.337 e. The number of ether oxygens (including phenoxy) is 1. The summed E-state index contributed by atoms with van der Waals surface area (Å²) in [5.41, 5.74) is 3.56. The van der Waals surface area contributed by atoms with E-state index in [1.165, 1.54) is 19.1 Å². The molecule has 2 aromatic rings. The van der Waals surface area contributed by atoms with Gasteiger partial charge in [0, 0.05) is 37.0 Å². The standard InChI is InChI=1S/C26H28N4O5/c1-14-8-6-7-9-18(14)28-23(31)19-15(2)27-22-21(24(32)30(4)26(34)29(22)3)20(19)16-10-12-17(13-11-16)25(33)35-5/h6-13,20-22,27H,1-5H3,(H,28,31). The van der Waals surface area contributed by atoms with Crippen LogP contribution in [0.5, 0.6) is 0 Å². The number of nitrogens with zero attached hydrogens (tertiary/aromatic N) is 2. The Morgan fingerprint density at radius 3 is 2.29 bits per heavy atom. The molecule has 9 nitrogen and oxygen atoms in total. The number of hydrogen-bond donors (Lipinski definition) is 2. The van der Waals surface area contributed by atoms with E-state index in [0.717, 1.165) is 10.5 Å². The number of methoxy groups -OCH3 is 1. The zero-order valence-corrected chi connectivity index (χ0v) is 20.3. The van der Waals surface area contributed by atoms with E-state index >= 15 is 0 Å². The minimum atomic E-state index is -0.756. The lowest BCUT2D eigenvalue weighted by Crippen LogP contribution is -2.66. The van der Waals surface area contributed by atoms with Crippen molar-refractivity contribution < 1.29 is 23.9 Å². The van der Waals surface area contributed by atoms with Crippen LogP contribution in [-0.2, 0) is 14.3 Å². The Kier molecular flexibility index (Phi) is 6.34. The Morgan fingerprint density at radius 2 is 1.66 bits per heavy atom. The molecule has 1 fully saturated rings. The van der Waals surface area contributed by atoms with Gasteiger partial charge in [-0.25, -0.2) is 9.59 Å². The quantitative estimate of drug-likeness (QED) is 0.657.